The summed E-state index contributed by atoms with van der Waals surface area (Å²) in [6.45, 7) is 8.33. The first-order valence-electron chi connectivity index (χ1n) is 9.56. The monoisotopic (exact) mass is 364 g/mol. The number of hydrogen-bond donors (Lipinski definition) is 1. The van der Waals surface area contributed by atoms with Crippen molar-refractivity contribution in [1.29, 1.82) is 0 Å². The van der Waals surface area contributed by atoms with Crippen LogP contribution in [0.4, 0.5) is 5.69 Å². The fourth-order valence-electron chi connectivity index (χ4n) is 3.19. The molecule has 0 unspecified atom stereocenters. The molecule has 2 heterocycles. The predicted molar refractivity (Wildman–Crippen MR) is 111 cm³/mol. The van der Waals surface area contributed by atoms with E-state index >= 15 is 0 Å². The van der Waals surface area contributed by atoms with E-state index in [-0.39, 0.29) is 5.91 Å². The van der Waals surface area contributed by atoms with Gasteiger partial charge in [0, 0.05) is 51.2 Å². The number of benzene rings is 1. The van der Waals surface area contributed by atoms with E-state index in [0.29, 0.717) is 11.6 Å². The van der Waals surface area contributed by atoms with Crippen molar-refractivity contribution < 1.29 is 4.79 Å². The molecule has 1 aromatic heterocycles. The van der Waals surface area contributed by atoms with Crippen LogP contribution in [0.1, 0.15) is 29.8 Å². The number of hydrogen-bond acceptors (Lipinski definition) is 4. The van der Waals surface area contributed by atoms with Crippen LogP contribution in [0.3, 0.4) is 0 Å². The van der Waals surface area contributed by atoms with Crippen molar-refractivity contribution in [3.63, 3.8) is 0 Å². The zero-order valence-electron chi connectivity index (χ0n) is 16.1. The van der Waals surface area contributed by atoms with Gasteiger partial charge >= 0.3 is 0 Å². The van der Waals surface area contributed by atoms with Crippen LogP contribution in [0, 0.1) is 0 Å². The fourth-order valence-corrected chi connectivity index (χ4v) is 3.19. The number of carbonyl (C=O) groups is 1. The van der Waals surface area contributed by atoms with Crippen molar-refractivity contribution in [2.45, 2.75) is 19.9 Å². The number of pyridine rings is 1. The summed E-state index contributed by atoms with van der Waals surface area (Å²) in [5, 5.41) is 3.30. The summed E-state index contributed by atoms with van der Waals surface area (Å²) in [6.07, 6.45) is 7.75. The molecule has 3 rings (SSSR count). The van der Waals surface area contributed by atoms with Crippen molar-refractivity contribution in [2.24, 2.45) is 0 Å². The highest BCUT2D eigenvalue weighted by Crippen LogP contribution is 2.13. The normalized spacial score (nSPS) is 15.4. The maximum absolute atomic E-state index is 12.8. The summed E-state index contributed by atoms with van der Waals surface area (Å²) >= 11 is 0. The maximum Gasteiger partial charge on any atom is 0.255 e. The minimum absolute atomic E-state index is 0.0642. The second-order valence-corrected chi connectivity index (χ2v) is 7.17. The van der Waals surface area contributed by atoms with Crippen molar-refractivity contribution in [1.82, 2.24) is 14.8 Å². The Labute approximate surface area is 161 Å². The third-order valence-electron chi connectivity index (χ3n) is 4.57. The summed E-state index contributed by atoms with van der Waals surface area (Å²) in [4.78, 5) is 21.3. The van der Waals surface area contributed by atoms with E-state index in [2.05, 4.69) is 53.3 Å². The number of amides is 1. The number of anilines is 1. The lowest BCUT2D eigenvalue weighted by atomic mass is 10.2. The summed E-state index contributed by atoms with van der Waals surface area (Å²) in [5.41, 5.74) is 2.76. The fraction of sp³-hybridized carbons (Fsp3) is 0.364. The van der Waals surface area contributed by atoms with Gasteiger partial charge in [0.15, 0.2) is 0 Å². The van der Waals surface area contributed by atoms with Gasteiger partial charge in [-0.15, -0.1) is 0 Å². The van der Waals surface area contributed by atoms with E-state index in [4.69, 9.17) is 0 Å². The van der Waals surface area contributed by atoms with Gasteiger partial charge in [-0.3, -0.25) is 14.7 Å². The average Bonchev–Trinajstić information content (AvgIpc) is 2.68. The molecular weight excluding hydrogens is 336 g/mol. The van der Waals surface area contributed by atoms with Gasteiger partial charge in [0.2, 0.25) is 0 Å². The van der Waals surface area contributed by atoms with Crippen LogP contribution < -0.4 is 5.32 Å². The molecule has 1 aromatic carbocycles. The first-order chi connectivity index (χ1) is 13.1. The Morgan fingerprint density at radius 3 is 2.59 bits per heavy atom. The van der Waals surface area contributed by atoms with E-state index < -0.39 is 0 Å². The van der Waals surface area contributed by atoms with Gasteiger partial charge in [-0.1, -0.05) is 42.5 Å². The number of carbonyl (C=O) groups excluding carboxylic acids is 1. The highest BCUT2D eigenvalue weighted by atomic mass is 16.2. The molecule has 142 valence electrons. The zero-order chi connectivity index (χ0) is 19.1. The lowest BCUT2D eigenvalue weighted by Gasteiger charge is -2.34. The van der Waals surface area contributed by atoms with E-state index in [1.54, 1.807) is 12.4 Å². The van der Waals surface area contributed by atoms with E-state index in [1.165, 1.54) is 5.56 Å². The van der Waals surface area contributed by atoms with Gasteiger partial charge < -0.3 is 10.2 Å². The molecule has 1 aliphatic heterocycles. The molecule has 1 N–H and O–H groups in total. The van der Waals surface area contributed by atoms with Crippen LogP contribution >= 0.6 is 0 Å². The number of rotatable bonds is 6. The van der Waals surface area contributed by atoms with Crippen molar-refractivity contribution >= 4 is 17.7 Å². The highest BCUT2D eigenvalue weighted by Gasteiger charge is 2.22. The molecule has 1 aliphatic rings. The smallest absolute Gasteiger partial charge is 0.255 e. The average molecular weight is 364 g/mol. The minimum Gasteiger partial charge on any atom is -0.382 e. The van der Waals surface area contributed by atoms with Crippen LogP contribution in [0.25, 0.3) is 6.08 Å². The molecule has 0 atom stereocenters. The first-order valence-corrected chi connectivity index (χ1v) is 9.56. The summed E-state index contributed by atoms with van der Waals surface area (Å²) in [6, 6.07) is 12.5. The number of piperazine rings is 1. The van der Waals surface area contributed by atoms with Gasteiger partial charge in [-0.25, -0.2) is 0 Å². The van der Waals surface area contributed by atoms with Gasteiger partial charge in [0.1, 0.15) is 0 Å². The molecule has 27 heavy (non-hydrogen) atoms. The lowest BCUT2D eigenvalue weighted by Crippen LogP contribution is -2.48. The summed E-state index contributed by atoms with van der Waals surface area (Å²) < 4.78 is 0. The van der Waals surface area contributed by atoms with E-state index in [9.17, 15) is 4.79 Å². The molecule has 5 heteroatoms. The van der Waals surface area contributed by atoms with Crippen LogP contribution in [-0.2, 0) is 0 Å². The Morgan fingerprint density at radius 2 is 1.89 bits per heavy atom. The maximum atomic E-state index is 12.8. The highest BCUT2D eigenvalue weighted by molar-refractivity contribution is 5.94. The summed E-state index contributed by atoms with van der Waals surface area (Å²) in [5.74, 6) is 0.0642. The molecule has 1 amide bonds. The van der Waals surface area contributed by atoms with Gasteiger partial charge in [-0.05, 0) is 25.5 Å². The Kier molecular flexibility index (Phi) is 6.60. The molecule has 1 saturated heterocycles. The molecule has 0 spiro atoms. The molecule has 0 radical (unpaired) electrons. The van der Waals surface area contributed by atoms with Gasteiger partial charge in [0.05, 0.1) is 11.3 Å². The third-order valence-corrected chi connectivity index (χ3v) is 4.57. The topological polar surface area (TPSA) is 48.5 Å². The van der Waals surface area contributed by atoms with Gasteiger partial charge in [0.25, 0.3) is 5.91 Å². The van der Waals surface area contributed by atoms with Crippen molar-refractivity contribution in [3.05, 3.63) is 66.0 Å². The van der Waals surface area contributed by atoms with Gasteiger partial charge in [-0.2, -0.15) is 0 Å². The van der Waals surface area contributed by atoms with Crippen LogP contribution in [-0.4, -0.2) is 59.5 Å². The molecule has 0 aliphatic carbocycles. The minimum atomic E-state index is 0.0642. The SMILES string of the molecule is CC(C)Nc1cncc(C(=O)N2CCN(C/C=C/c3ccccc3)CC2)c1. The second kappa shape index (κ2) is 9.33. The van der Waals surface area contributed by atoms with E-state index in [0.717, 1.165) is 38.4 Å². The Hall–Kier alpha value is -2.66. The van der Waals surface area contributed by atoms with Crippen molar-refractivity contribution in [3.8, 4) is 0 Å². The Balaban J connectivity index is 1.50. The van der Waals surface area contributed by atoms with Crippen LogP contribution in [0.2, 0.25) is 0 Å². The molecular formula is C22H28N4O. The molecule has 1 fully saturated rings. The second-order valence-electron chi connectivity index (χ2n) is 7.17. The van der Waals surface area contributed by atoms with Crippen LogP contribution in [0.5, 0.6) is 0 Å². The predicted octanol–water partition coefficient (Wildman–Crippen LogP) is 3.37. The number of nitrogens with one attached hydrogen (secondary N) is 1. The number of aromatic nitrogens is 1. The first kappa shape index (κ1) is 19.1. The molecule has 5 nitrogen and oxygen atoms in total. The molecule has 0 bridgehead atoms. The Bertz CT molecular complexity index is 765. The third kappa shape index (κ3) is 5.66. The zero-order valence-corrected chi connectivity index (χ0v) is 16.1. The Morgan fingerprint density at radius 1 is 1.15 bits per heavy atom. The van der Waals surface area contributed by atoms with E-state index in [1.807, 2.05) is 29.2 Å². The van der Waals surface area contributed by atoms with Crippen LogP contribution in [0.15, 0.2) is 54.9 Å². The largest absolute Gasteiger partial charge is 0.382 e. The molecule has 0 saturated carbocycles. The quantitative estimate of drug-likeness (QED) is 0.854. The molecule has 2 aromatic rings. The lowest BCUT2D eigenvalue weighted by molar-refractivity contribution is 0.0650. The standard InChI is InChI=1S/C22H28N4O/c1-18(2)24-21-15-20(16-23-17-21)22(27)26-13-11-25(12-14-26)10-6-9-19-7-4-3-5-8-19/h3-9,15-18,24H,10-14H2,1-2H3/b9-6+. The summed E-state index contributed by atoms with van der Waals surface area (Å²) in [7, 11) is 0. The van der Waals surface area contributed by atoms with Crippen molar-refractivity contribution in [2.75, 3.05) is 38.0 Å². The number of nitrogens with zero attached hydrogens (tertiary/aromatic N) is 3.